The summed E-state index contributed by atoms with van der Waals surface area (Å²) in [6.07, 6.45) is 0. The molecule has 0 radical (unpaired) electrons. The minimum atomic E-state index is 0.188. The maximum absolute atomic E-state index is 4.61. The standard InChI is InChI=1S/C13H21N5S/c1-9-11(18-12(15-9)19-10(2)16-18)7-17-6-5-14-13(3,4)8-17/h14H,5-8H2,1-4H3. The summed E-state index contributed by atoms with van der Waals surface area (Å²) in [7, 11) is 0. The van der Waals surface area contributed by atoms with Gasteiger partial charge in [-0.15, -0.1) is 0 Å². The van der Waals surface area contributed by atoms with E-state index in [9.17, 15) is 0 Å². The van der Waals surface area contributed by atoms with Gasteiger partial charge in [0.05, 0.1) is 11.4 Å². The minimum absolute atomic E-state index is 0.188. The largest absolute Gasteiger partial charge is 0.309 e. The zero-order valence-corrected chi connectivity index (χ0v) is 12.8. The van der Waals surface area contributed by atoms with E-state index >= 15 is 0 Å². The third-order valence-electron chi connectivity index (χ3n) is 3.62. The summed E-state index contributed by atoms with van der Waals surface area (Å²) < 4.78 is 2.02. The van der Waals surface area contributed by atoms with E-state index in [4.69, 9.17) is 0 Å². The first kappa shape index (κ1) is 13.0. The second-order valence-electron chi connectivity index (χ2n) is 5.98. The molecule has 1 N–H and O–H groups in total. The Hall–Kier alpha value is -0.980. The highest BCUT2D eigenvalue weighted by molar-refractivity contribution is 7.16. The molecule has 0 bridgehead atoms. The third-order valence-corrected chi connectivity index (χ3v) is 4.45. The number of aryl methyl sites for hydroxylation is 2. The van der Waals surface area contributed by atoms with Crippen molar-refractivity contribution in [3.63, 3.8) is 0 Å². The Morgan fingerprint density at radius 3 is 2.89 bits per heavy atom. The van der Waals surface area contributed by atoms with E-state index in [2.05, 4.69) is 41.1 Å². The average molecular weight is 279 g/mol. The molecule has 2 aromatic rings. The third kappa shape index (κ3) is 2.52. The van der Waals surface area contributed by atoms with Gasteiger partial charge in [0.15, 0.2) is 0 Å². The first-order valence-corrected chi connectivity index (χ1v) is 7.55. The van der Waals surface area contributed by atoms with E-state index in [1.807, 2.05) is 11.4 Å². The number of nitrogens with zero attached hydrogens (tertiary/aromatic N) is 4. The summed E-state index contributed by atoms with van der Waals surface area (Å²) in [5.74, 6) is 0. The van der Waals surface area contributed by atoms with E-state index in [0.29, 0.717) is 0 Å². The first-order valence-electron chi connectivity index (χ1n) is 6.74. The van der Waals surface area contributed by atoms with Crippen LogP contribution in [0.5, 0.6) is 0 Å². The lowest BCUT2D eigenvalue weighted by atomic mass is 10.0. The molecule has 0 atom stereocenters. The predicted molar refractivity (Wildman–Crippen MR) is 77.7 cm³/mol. The number of fused-ring (bicyclic) bond motifs is 1. The van der Waals surface area contributed by atoms with Gasteiger partial charge in [0.2, 0.25) is 4.96 Å². The van der Waals surface area contributed by atoms with Crippen molar-refractivity contribution < 1.29 is 0 Å². The number of rotatable bonds is 2. The van der Waals surface area contributed by atoms with Gasteiger partial charge in [0.25, 0.3) is 0 Å². The maximum Gasteiger partial charge on any atom is 0.212 e. The summed E-state index contributed by atoms with van der Waals surface area (Å²) in [5, 5.41) is 9.19. The Morgan fingerprint density at radius 2 is 2.16 bits per heavy atom. The summed E-state index contributed by atoms with van der Waals surface area (Å²) in [6.45, 7) is 12.7. The van der Waals surface area contributed by atoms with Crippen LogP contribution in [0.4, 0.5) is 0 Å². The number of nitrogens with one attached hydrogen (secondary N) is 1. The molecule has 0 unspecified atom stereocenters. The van der Waals surface area contributed by atoms with Gasteiger partial charge in [-0.3, -0.25) is 4.90 Å². The van der Waals surface area contributed by atoms with Gasteiger partial charge in [-0.2, -0.15) is 5.10 Å². The molecule has 0 amide bonds. The van der Waals surface area contributed by atoms with Crippen molar-refractivity contribution in [2.75, 3.05) is 19.6 Å². The molecule has 0 saturated carbocycles. The monoisotopic (exact) mass is 279 g/mol. The topological polar surface area (TPSA) is 45.5 Å². The van der Waals surface area contributed by atoms with Crippen LogP contribution in [-0.2, 0) is 6.54 Å². The van der Waals surface area contributed by atoms with Crippen LogP contribution in [0.2, 0.25) is 0 Å². The van der Waals surface area contributed by atoms with Crippen molar-refractivity contribution in [2.24, 2.45) is 0 Å². The predicted octanol–water partition coefficient (Wildman–Crippen LogP) is 1.59. The molecule has 3 rings (SSSR count). The van der Waals surface area contributed by atoms with Crippen molar-refractivity contribution in [1.82, 2.24) is 24.8 Å². The van der Waals surface area contributed by atoms with Crippen LogP contribution in [0.1, 0.15) is 30.2 Å². The van der Waals surface area contributed by atoms with Crippen LogP contribution < -0.4 is 5.32 Å². The van der Waals surface area contributed by atoms with Gasteiger partial charge in [0, 0.05) is 31.7 Å². The van der Waals surface area contributed by atoms with Gasteiger partial charge in [-0.1, -0.05) is 11.3 Å². The van der Waals surface area contributed by atoms with Crippen LogP contribution in [0, 0.1) is 13.8 Å². The summed E-state index contributed by atoms with van der Waals surface area (Å²) in [6, 6.07) is 0. The van der Waals surface area contributed by atoms with Gasteiger partial charge >= 0.3 is 0 Å². The first-order chi connectivity index (χ1) is 8.94. The zero-order valence-electron chi connectivity index (χ0n) is 12.0. The fourth-order valence-corrected chi connectivity index (χ4v) is 3.57. The second-order valence-corrected chi connectivity index (χ2v) is 7.14. The average Bonchev–Trinajstić information content (AvgIpc) is 2.76. The van der Waals surface area contributed by atoms with Crippen LogP contribution >= 0.6 is 11.3 Å². The molecule has 0 spiro atoms. The molecule has 0 aliphatic carbocycles. The lowest BCUT2D eigenvalue weighted by Crippen LogP contribution is -2.56. The summed E-state index contributed by atoms with van der Waals surface area (Å²) in [5.41, 5.74) is 2.53. The van der Waals surface area contributed by atoms with Crippen molar-refractivity contribution in [3.05, 3.63) is 16.4 Å². The van der Waals surface area contributed by atoms with Gasteiger partial charge < -0.3 is 5.32 Å². The van der Waals surface area contributed by atoms with E-state index in [-0.39, 0.29) is 5.54 Å². The fraction of sp³-hybridized carbons (Fsp3) is 0.692. The normalized spacial score (nSPS) is 20.2. The Morgan fingerprint density at radius 1 is 1.37 bits per heavy atom. The lowest BCUT2D eigenvalue weighted by Gasteiger charge is -2.39. The Kier molecular flexibility index (Phi) is 3.11. The van der Waals surface area contributed by atoms with Crippen molar-refractivity contribution in [1.29, 1.82) is 0 Å². The van der Waals surface area contributed by atoms with Gasteiger partial charge in [0.1, 0.15) is 5.01 Å². The molecular formula is C13H21N5S. The SMILES string of the molecule is Cc1nn2c(CN3CCNC(C)(C)C3)c(C)nc2s1. The molecule has 104 valence electrons. The van der Waals surface area contributed by atoms with Crippen LogP contribution in [-0.4, -0.2) is 44.7 Å². The Balaban J connectivity index is 1.86. The highest BCUT2D eigenvalue weighted by Crippen LogP contribution is 2.20. The molecule has 1 aliphatic rings. The Bertz CT molecular complexity index is 597. The summed E-state index contributed by atoms with van der Waals surface area (Å²) in [4.78, 5) is 8.11. The van der Waals surface area contributed by atoms with Crippen molar-refractivity contribution in [3.8, 4) is 0 Å². The molecule has 3 heterocycles. The molecule has 1 aliphatic heterocycles. The smallest absolute Gasteiger partial charge is 0.212 e. The zero-order chi connectivity index (χ0) is 13.6. The number of hydrogen-bond acceptors (Lipinski definition) is 5. The van der Waals surface area contributed by atoms with E-state index < -0.39 is 0 Å². The van der Waals surface area contributed by atoms with Gasteiger partial charge in [-0.25, -0.2) is 9.50 Å². The van der Waals surface area contributed by atoms with Crippen molar-refractivity contribution >= 4 is 16.3 Å². The molecule has 1 fully saturated rings. The molecule has 2 aromatic heterocycles. The number of piperazine rings is 1. The molecule has 19 heavy (non-hydrogen) atoms. The quantitative estimate of drug-likeness (QED) is 0.907. The van der Waals surface area contributed by atoms with Crippen LogP contribution in [0.25, 0.3) is 4.96 Å². The number of hydrogen-bond donors (Lipinski definition) is 1. The maximum atomic E-state index is 4.61. The molecule has 1 saturated heterocycles. The van der Waals surface area contributed by atoms with Crippen LogP contribution in [0.15, 0.2) is 0 Å². The second kappa shape index (κ2) is 4.54. The number of aromatic nitrogens is 3. The lowest BCUT2D eigenvalue weighted by molar-refractivity contribution is 0.146. The fourth-order valence-electron chi connectivity index (χ4n) is 2.76. The van der Waals surface area contributed by atoms with E-state index in [1.54, 1.807) is 11.3 Å². The Labute approximate surface area is 117 Å². The highest BCUT2D eigenvalue weighted by Gasteiger charge is 2.27. The molecule has 6 heteroatoms. The number of imidazole rings is 1. The molecule has 5 nitrogen and oxygen atoms in total. The van der Waals surface area contributed by atoms with E-state index in [1.165, 1.54) is 5.69 Å². The molecule has 0 aromatic carbocycles. The van der Waals surface area contributed by atoms with Crippen LogP contribution in [0.3, 0.4) is 0 Å². The summed E-state index contributed by atoms with van der Waals surface area (Å²) >= 11 is 1.66. The van der Waals surface area contributed by atoms with Crippen molar-refractivity contribution in [2.45, 2.75) is 39.8 Å². The highest BCUT2D eigenvalue weighted by atomic mass is 32.1. The van der Waals surface area contributed by atoms with E-state index in [0.717, 1.165) is 41.8 Å². The molecular weight excluding hydrogens is 258 g/mol. The minimum Gasteiger partial charge on any atom is -0.309 e. The van der Waals surface area contributed by atoms with Gasteiger partial charge in [-0.05, 0) is 27.7 Å².